The van der Waals surface area contributed by atoms with Crippen LogP contribution in [0.1, 0.15) is 25.3 Å². The number of hydrogen-bond donors (Lipinski definition) is 2. The Hall–Kier alpha value is -1.55. The maximum Gasteiger partial charge on any atom is 0.227 e. The molecule has 1 aromatic carbocycles. The van der Waals surface area contributed by atoms with Gasteiger partial charge in [0, 0.05) is 18.8 Å². The summed E-state index contributed by atoms with van der Waals surface area (Å²) in [5.74, 6) is 0.0351. The Kier molecular flexibility index (Phi) is 3.57. The number of carbonyl (C=O) groups excluding carboxylic acids is 1. The first-order valence-electron chi connectivity index (χ1n) is 6.31. The Morgan fingerprint density at radius 1 is 1.50 bits per heavy atom. The molecule has 98 valence electrons. The van der Waals surface area contributed by atoms with Crippen molar-refractivity contribution in [2.75, 3.05) is 18.8 Å². The van der Waals surface area contributed by atoms with Gasteiger partial charge < -0.3 is 15.7 Å². The number of para-hydroxylation sites is 1. The smallest absolute Gasteiger partial charge is 0.227 e. The molecule has 1 fully saturated rings. The van der Waals surface area contributed by atoms with Crippen molar-refractivity contribution < 1.29 is 9.90 Å². The highest BCUT2D eigenvalue weighted by molar-refractivity contribution is 5.80. The lowest BCUT2D eigenvalue weighted by Crippen LogP contribution is -2.49. The molecule has 1 unspecified atom stereocenters. The van der Waals surface area contributed by atoms with E-state index in [0.29, 0.717) is 18.7 Å². The van der Waals surface area contributed by atoms with Crippen molar-refractivity contribution in [3.05, 3.63) is 29.8 Å². The molecule has 1 amide bonds. The fraction of sp³-hybridized carbons (Fsp3) is 0.500. The predicted molar refractivity (Wildman–Crippen MR) is 71.0 cm³/mol. The van der Waals surface area contributed by atoms with Gasteiger partial charge in [-0.2, -0.15) is 0 Å². The largest absolute Gasteiger partial charge is 0.398 e. The second kappa shape index (κ2) is 4.98. The van der Waals surface area contributed by atoms with E-state index in [1.165, 1.54) is 0 Å². The minimum Gasteiger partial charge on any atom is -0.398 e. The maximum atomic E-state index is 12.2. The number of hydrogen-bond acceptors (Lipinski definition) is 3. The molecule has 4 nitrogen and oxygen atoms in total. The van der Waals surface area contributed by atoms with Crippen LogP contribution in [0, 0.1) is 0 Å². The van der Waals surface area contributed by atoms with Gasteiger partial charge in [-0.25, -0.2) is 0 Å². The molecule has 1 heterocycles. The zero-order chi connectivity index (χ0) is 13.2. The highest BCUT2D eigenvalue weighted by Gasteiger charge is 2.30. The molecule has 18 heavy (non-hydrogen) atoms. The summed E-state index contributed by atoms with van der Waals surface area (Å²) in [7, 11) is 0. The van der Waals surface area contributed by atoms with Gasteiger partial charge >= 0.3 is 0 Å². The van der Waals surface area contributed by atoms with Crippen LogP contribution in [0.4, 0.5) is 5.69 Å². The molecule has 3 N–H and O–H groups in total. The number of nitrogens with two attached hydrogens (primary N) is 1. The summed E-state index contributed by atoms with van der Waals surface area (Å²) < 4.78 is 0. The third kappa shape index (κ3) is 3.01. The fourth-order valence-corrected chi connectivity index (χ4v) is 2.40. The van der Waals surface area contributed by atoms with Crippen molar-refractivity contribution in [1.82, 2.24) is 4.90 Å². The van der Waals surface area contributed by atoms with Crippen LogP contribution in [0.15, 0.2) is 24.3 Å². The first-order valence-corrected chi connectivity index (χ1v) is 6.31. The van der Waals surface area contributed by atoms with Crippen molar-refractivity contribution >= 4 is 11.6 Å². The van der Waals surface area contributed by atoms with E-state index in [4.69, 9.17) is 5.73 Å². The molecule has 1 aliphatic rings. The van der Waals surface area contributed by atoms with E-state index in [-0.39, 0.29) is 5.91 Å². The van der Waals surface area contributed by atoms with Crippen molar-refractivity contribution in [2.24, 2.45) is 0 Å². The number of β-amino-alcohol motifs (C(OH)–C–C–N with tert-alkyl or cyclic N) is 1. The number of benzene rings is 1. The van der Waals surface area contributed by atoms with Crippen LogP contribution in [0.5, 0.6) is 0 Å². The van der Waals surface area contributed by atoms with Gasteiger partial charge in [-0.05, 0) is 31.4 Å². The third-order valence-corrected chi connectivity index (χ3v) is 3.42. The first-order chi connectivity index (χ1) is 8.48. The van der Waals surface area contributed by atoms with Crippen LogP contribution in [-0.4, -0.2) is 34.6 Å². The molecular formula is C14H20N2O2. The molecule has 4 heteroatoms. The lowest BCUT2D eigenvalue weighted by Gasteiger charge is -2.37. The van der Waals surface area contributed by atoms with E-state index < -0.39 is 5.60 Å². The van der Waals surface area contributed by atoms with E-state index in [0.717, 1.165) is 24.9 Å². The van der Waals surface area contributed by atoms with E-state index in [1.807, 2.05) is 18.2 Å². The molecule has 0 aliphatic carbocycles. The number of likely N-dealkylation sites (tertiary alicyclic amines) is 1. The quantitative estimate of drug-likeness (QED) is 0.772. The molecule has 2 rings (SSSR count). The summed E-state index contributed by atoms with van der Waals surface area (Å²) in [6, 6.07) is 7.41. The lowest BCUT2D eigenvalue weighted by molar-refractivity contribution is -0.136. The Morgan fingerprint density at radius 2 is 2.22 bits per heavy atom. The Morgan fingerprint density at radius 3 is 2.89 bits per heavy atom. The molecule has 0 radical (unpaired) electrons. The van der Waals surface area contributed by atoms with Gasteiger partial charge in [0.1, 0.15) is 0 Å². The molecule has 0 bridgehead atoms. The summed E-state index contributed by atoms with van der Waals surface area (Å²) in [6.07, 6.45) is 1.91. The second-order valence-corrected chi connectivity index (χ2v) is 5.29. The first kappa shape index (κ1) is 12.9. The summed E-state index contributed by atoms with van der Waals surface area (Å²) >= 11 is 0. The van der Waals surface area contributed by atoms with E-state index in [2.05, 4.69) is 0 Å². The molecular weight excluding hydrogens is 228 g/mol. The second-order valence-electron chi connectivity index (χ2n) is 5.29. The zero-order valence-corrected chi connectivity index (χ0v) is 10.7. The van der Waals surface area contributed by atoms with E-state index in [1.54, 1.807) is 17.9 Å². The molecule has 1 aromatic rings. The third-order valence-electron chi connectivity index (χ3n) is 3.42. The Labute approximate surface area is 107 Å². The maximum absolute atomic E-state index is 12.2. The monoisotopic (exact) mass is 248 g/mol. The van der Waals surface area contributed by atoms with Gasteiger partial charge in [0.2, 0.25) is 5.91 Å². The van der Waals surface area contributed by atoms with E-state index in [9.17, 15) is 9.90 Å². The summed E-state index contributed by atoms with van der Waals surface area (Å²) in [4.78, 5) is 13.9. The van der Waals surface area contributed by atoms with Crippen LogP contribution in [-0.2, 0) is 11.2 Å². The number of carbonyl (C=O) groups is 1. The van der Waals surface area contributed by atoms with Gasteiger partial charge in [-0.1, -0.05) is 18.2 Å². The minimum atomic E-state index is -0.754. The van der Waals surface area contributed by atoms with Crippen LogP contribution in [0.2, 0.25) is 0 Å². The summed E-state index contributed by atoms with van der Waals surface area (Å²) in [5.41, 5.74) is 6.58. The number of aliphatic hydroxyl groups is 1. The summed E-state index contributed by atoms with van der Waals surface area (Å²) in [6.45, 7) is 2.92. The average molecular weight is 248 g/mol. The van der Waals surface area contributed by atoms with Gasteiger partial charge in [0.25, 0.3) is 0 Å². The number of nitrogen functional groups attached to an aromatic ring is 1. The number of nitrogens with zero attached hydrogens (tertiary/aromatic N) is 1. The van der Waals surface area contributed by atoms with Gasteiger partial charge in [0.05, 0.1) is 12.0 Å². The number of anilines is 1. The van der Waals surface area contributed by atoms with Crippen molar-refractivity contribution in [2.45, 2.75) is 31.8 Å². The van der Waals surface area contributed by atoms with Crippen LogP contribution in [0.3, 0.4) is 0 Å². The molecule has 0 saturated carbocycles. The van der Waals surface area contributed by atoms with Gasteiger partial charge in [-0.3, -0.25) is 4.79 Å². The van der Waals surface area contributed by atoms with Crippen LogP contribution >= 0.6 is 0 Å². The van der Waals surface area contributed by atoms with Gasteiger partial charge in [0.15, 0.2) is 0 Å². The van der Waals surface area contributed by atoms with Crippen molar-refractivity contribution in [1.29, 1.82) is 0 Å². The van der Waals surface area contributed by atoms with E-state index >= 15 is 0 Å². The number of amides is 1. The van der Waals surface area contributed by atoms with Crippen LogP contribution < -0.4 is 5.73 Å². The lowest BCUT2D eigenvalue weighted by atomic mass is 9.94. The highest BCUT2D eigenvalue weighted by atomic mass is 16.3. The van der Waals surface area contributed by atoms with Gasteiger partial charge in [-0.15, -0.1) is 0 Å². The van der Waals surface area contributed by atoms with Crippen molar-refractivity contribution in [3.63, 3.8) is 0 Å². The topological polar surface area (TPSA) is 66.6 Å². The van der Waals surface area contributed by atoms with Crippen LogP contribution in [0.25, 0.3) is 0 Å². The highest BCUT2D eigenvalue weighted by Crippen LogP contribution is 2.21. The molecule has 1 atom stereocenters. The standard InChI is InChI=1S/C14H20N2O2/c1-14(18)7-4-8-16(10-14)13(17)9-11-5-2-3-6-12(11)15/h2-3,5-6,18H,4,7-10,15H2,1H3. The van der Waals surface area contributed by atoms with Crippen molar-refractivity contribution in [3.8, 4) is 0 Å². The normalized spacial score (nSPS) is 24.0. The number of piperidine rings is 1. The zero-order valence-electron chi connectivity index (χ0n) is 10.7. The minimum absolute atomic E-state index is 0.0351. The number of rotatable bonds is 2. The predicted octanol–water partition coefficient (Wildman–Crippen LogP) is 1.18. The molecule has 1 saturated heterocycles. The Bertz CT molecular complexity index is 443. The average Bonchev–Trinajstić information content (AvgIpc) is 2.31. The SMILES string of the molecule is CC1(O)CCCN(C(=O)Cc2ccccc2N)C1. The Balaban J connectivity index is 2.02. The molecule has 0 aromatic heterocycles. The molecule has 0 spiro atoms. The molecule has 1 aliphatic heterocycles. The summed E-state index contributed by atoms with van der Waals surface area (Å²) in [5, 5.41) is 10.00. The fourth-order valence-electron chi connectivity index (χ4n) is 2.40.